The number of cyclic esters (lactones) is 1. The minimum absolute atomic E-state index is 0.261. The van der Waals surface area contributed by atoms with Crippen molar-refractivity contribution >= 4 is 5.97 Å². The first kappa shape index (κ1) is 15.8. The van der Waals surface area contributed by atoms with Crippen LogP contribution in [0.5, 0.6) is 0 Å². The number of rotatable bonds is 3. The number of nitrogens with zero attached hydrogens (tertiary/aromatic N) is 1. The molecule has 2 aromatic rings. The van der Waals surface area contributed by atoms with E-state index in [1.165, 1.54) is 0 Å². The molecule has 0 unspecified atom stereocenters. The Kier molecular flexibility index (Phi) is 3.77. The van der Waals surface area contributed by atoms with E-state index in [2.05, 4.69) is 5.32 Å². The molecule has 2 fully saturated rings. The van der Waals surface area contributed by atoms with Crippen LogP contribution in [-0.2, 0) is 9.53 Å². The van der Waals surface area contributed by atoms with Crippen molar-refractivity contribution in [1.29, 1.82) is 0 Å². The van der Waals surface area contributed by atoms with Gasteiger partial charge in [0.2, 0.25) is 6.04 Å². The van der Waals surface area contributed by atoms with Gasteiger partial charge in [-0.3, -0.25) is 20.2 Å². The zero-order chi connectivity index (χ0) is 17.4. The van der Waals surface area contributed by atoms with E-state index in [0.717, 1.165) is 11.1 Å². The maximum Gasteiger partial charge on any atom is 0.327 e. The van der Waals surface area contributed by atoms with Crippen LogP contribution in [0.1, 0.15) is 29.5 Å². The van der Waals surface area contributed by atoms with Gasteiger partial charge in [-0.05, 0) is 11.1 Å². The van der Waals surface area contributed by atoms with Crippen LogP contribution in [-0.4, -0.2) is 29.1 Å². The van der Waals surface area contributed by atoms with Crippen molar-refractivity contribution in [3.05, 3.63) is 81.9 Å². The number of benzene rings is 2. The molecule has 0 amide bonds. The van der Waals surface area contributed by atoms with Gasteiger partial charge in [-0.25, -0.2) is 0 Å². The number of esters is 1. The van der Waals surface area contributed by atoms with Crippen molar-refractivity contribution in [2.75, 3.05) is 6.61 Å². The predicted molar refractivity (Wildman–Crippen MR) is 90.6 cm³/mol. The first-order valence-corrected chi connectivity index (χ1v) is 8.32. The Hall–Kier alpha value is -2.73. The summed E-state index contributed by atoms with van der Waals surface area (Å²) in [6.07, 6.45) is 0.430. The molecule has 2 saturated heterocycles. The zero-order valence-electron chi connectivity index (χ0n) is 13.5. The normalized spacial score (nSPS) is 31.2. The van der Waals surface area contributed by atoms with Gasteiger partial charge in [0, 0.05) is 11.3 Å². The molecule has 128 valence electrons. The number of ether oxygens (including phenoxy) is 1. The van der Waals surface area contributed by atoms with Crippen LogP contribution in [0.25, 0.3) is 0 Å². The molecule has 2 aliphatic rings. The highest BCUT2D eigenvalue weighted by Crippen LogP contribution is 2.49. The van der Waals surface area contributed by atoms with Gasteiger partial charge in [0.25, 0.3) is 0 Å². The highest BCUT2D eigenvalue weighted by Gasteiger charge is 2.65. The number of nitrogens with one attached hydrogen (secondary N) is 1. The van der Waals surface area contributed by atoms with Crippen molar-refractivity contribution in [3.8, 4) is 0 Å². The average molecular weight is 338 g/mol. The molecule has 6 nitrogen and oxygen atoms in total. The number of carbonyl (C=O) groups is 1. The SMILES string of the molecule is O=C1OCC[C@]12N[C@H](c1ccccc1)[C@H]([N+](=O)[O-])[C@H]2c1ccccc1. The van der Waals surface area contributed by atoms with E-state index < -0.39 is 29.5 Å². The van der Waals surface area contributed by atoms with Gasteiger partial charge < -0.3 is 4.74 Å². The minimum Gasteiger partial charge on any atom is -0.464 e. The number of nitro groups is 1. The first-order chi connectivity index (χ1) is 12.1. The van der Waals surface area contributed by atoms with E-state index in [0.29, 0.717) is 6.42 Å². The van der Waals surface area contributed by atoms with Gasteiger partial charge in [0.15, 0.2) is 0 Å². The Morgan fingerprint density at radius 1 is 1.04 bits per heavy atom. The fraction of sp³-hybridized carbons (Fsp3) is 0.316. The summed E-state index contributed by atoms with van der Waals surface area (Å²) < 4.78 is 5.23. The quantitative estimate of drug-likeness (QED) is 0.528. The third-order valence-electron chi connectivity index (χ3n) is 5.28. The molecule has 2 heterocycles. The van der Waals surface area contributed by atoms with Crippen LogP contribution >= 0.6 is 0 Å². The third-order valence-corrected chi connectivity index (χ3v) is 5.28. The van der Waals surface area contributed by atoms with Gasteiger partial charge in [-0.15, -0.1) is 0 Å². The van der Waals surface area contributed by atoms with Crippen molar-refractivity contribution in [2.24, 2.45) is 0 Å². The van der Waals surface area contributed by atoms with Crippen LogP contribution in [0, 0.1) is 10.1 Å². The van der Waals surface area contributed by atoms with Crippen LogP contribution in [0.4, 0.5) is 0 Å². The van der Waals surface area contributed by atoms with Crippen molar-refractivity contribution in [1.82, 2.24) is 5.32 Å². The Balaban J connectivity index is 1.87. The summed E-state index contributed by atoms with van der Waals surface area (Å²) in [6.45, 7) is 0.279. The molecule has 0 bridgehead atoms. The second-order valence-corrected chi connectivity index (χ2v) is 6.55. The molecule has 0 saturated carbocycles. The van der Waals surface area contributed by atoms with Crippen LogP contribution in [0.15, 0.2) is 60.7 Å². The average Bonchev–Trinajstić information content (AvgIpc) is 3.18. The largest absolute Gasteiger partial charge is 0.464 e. The summed E-state index contributed by atoms with van der Waals surface area (Å²) in [5, 5.41) is 15.3. The molecular formula is C19H18N2O4. The molecule has 1 spiro atoms. The summed E-state index contributed by atoms with van der Waals surface area (Å²) in [7, 11) is 0. The van der Waals surface area contributed by atoms with Gasteiger partial charge in [0.1, 0.15) is 11.6 Å². The summed E-state index contributed by atoms with van der Waals surface area (Å²) in [5.41, 5.74) is 0.537. The van der Waals surface area contributed by atoms with E-state index in [9.17, 15) is 14.9 Å². The molecule has 4 rings (SSSR count). The molecule has 0 radical (unpaired) electrons. The third kappa shape index (κ3) is 2.41. The number of hydrogen-bond donors (Lipinski definition) is 1. The lowest BCUT2D eigenvalue weighted by molar-refractivity contribution is -0.527. The standard InChI is InChI=1S/C19H18N2O4/c22-18-19(11-12-25-18)15(13-7-3-1-4-8-13)17(21(23)24)16(20-19)14-9-5-2-6-10-14/h1-10,15-17,20H,11-12H2/t15-,16-,17-,19-/m1/s1. The smallest absolute Gasteiger partial charge is 0.327 e. The highest BCUT2D eigenvalue weighted by molar-refractivity contribution is 5.85. The molecule has 0 aliphatic carbocycles. The second kappa shape index (κ2) is 5.97. The van der Waals surface area contributed by atoms with Crippen molar-refractivity contribution in [2.45, 2.75) is 30.0 Å². The van der Waals surface area contributed by atoms with E-state index in [4.69, 9.17) is 4.74 Å². The van der Waals surface area contributed by atoms with E-state index in [1.54, 1.807) is 0 Å². The second-order valence-electron chi connectivity index (χ2n) is 6.55. The highest BCUT2D eigenvalue weighted by atomic mass is 16.6. The molecule has 0 aromatic heterocycles. The Labute approximate surface area is 145 Å². The molecule has 25 heavy (non-hydrogen) atoms. The Morgan fingerprint density at radius 3 is 2.16 bits per heavy atom. The summed E-state index contributed by atoms with van der Waals surface area (Å²) >= 11 is 0. The lowest BCUT2D eigenvalue weighted by Gasteiger charge is -2.26. The van der Waals surface area contributed by atoms with Gasteiger partial charge in [0.05, 0.1) is 12.5 Å². The van der Waals surface area contributed by atoms with Crippen LogP contribution < -0.4 is 5.32 Å². The maximum atomic E-state index is 12.6. The maximum absolute atomic E-state index is 12.6. The topological polar surface area (TPSA) is 81.5 Å². The molecular weight excluding hydrogens is 320 g/mol. The van der Waals surface area contributed by atoms with Crippen LogP contribution in [0.3, 0.4) is 0 Å². The molecule has 6 heteroatoms. The molecule has 4 atom stereocenters. The fourth-order valence-electron chi connectivity index (χ4n) is 4.21. The zero-order valence-corrected chi connectivity index (χ0v) is 13.5. The van der Waals surface area contributed by atoms with Gasteiger partial charge in [-0.2, -0.15) is 0 Å². The molecule has 2 aromatic carbocycles. The Morgan fingerprint density at radius 2 is 1.64 bits per heavy atom. The number of hydrogen-bond acceptors (Lipinski definition) is 5. The van der Waals surface area contributed by atoms with E-state index in [-0.39, 0.29) is 11.5 Å². The Bertz CT molecular complexity index is 796. The van der Waals surface area contributed by atoms with Gasteiger partial charge >= 0.3 is 5.97 Å². The summed E-state index contributed by atoms with van der Waals surface area (Å²) in [6, 6.07) is 17.0. The van der Waals surface area contributed by atoms with Crippen molar-refractivity contribution < 1.29 is 14.5 Å². The number of carbonyl (C=O) groups excluding carboxylic acids is 1. The predicted octanol–water partition coefficient (Wildman–Crippen LogP) is 2.45. The van der Waals surface area contributed by atoms with E-state index >= 15 is 0 Å². The van der Waals surface area contributed by atoms with E-state index in [1.807, 2.05) is 60.7 Å². The monoisotopic (exact) mass is 338 g/mol. The molecule has 1 N–H and O–H groups in total. The first-order valence-electron chi connectivity index (χ1n) is 8.32. The molecule has 2 aliphatic heterocycles. The van der Waals surface area contributed by atoms with Crippen molar-refractivity contribution in [3.63, 3.8) is 0 Å². The van der Waals surface area contributed by atoms with Gasteiger partial charge in [-0.1, -0.05) is 60.7 Å². The lowest BCUT2D eigenvalue weighted by Crippen LogP contribution is -2.49. The summed E-state index contributed by atoms with van der Waals surface area (Å²) in [4.78, 5) is 24.4. The summed E-state index contributed by atoms with van der Waals surface area (Å²) in [5.74, 6) is -0.976. The minimum atomic E-state index is -1.06. The fourth-order valence-corrected chi connectivity index (χ4v) is 4.21. The van der Waals surface area contributed by atoms with Crippen LogP contribution in [0.2, 0.25) is 0 Å². The lowest BCUT2D eigenvalue weighted by atomic mass is 9.76.